The first-order chi connectivity index (χ1) is 30.7. The molecule has 0 saturated heterocycles. The van der Waals surface area contributed by atoms with Crippen molar-refractivity contribution >= 4 is 76.1 Å². The Morgan fingerprint density at radius 3 is 1.76 bits per heavy atom. The SMILES string of the molecule is c1ccc(-c2nc(-c3cc(-c4ccc5ccccc5c4)c(-n4c5ccccc5c5cc6ccccc6cc54)c4ccccc34)nc(-c3cccc4c3oc3ccccc34)n2)cc1. The first-order valence-electron chi connectivity index (χ1n) is 20.9. The van der Waals surface area contributed by atoms with Crippen LogP contribution in [0.3, 0.4) is 0 Å². The molecule has 0 radical (unpaired) electrons. The summed E-state index contributed by atoms with van der Waals surface area (Å²) >= 11 is 0. The standard InChI is InChI=1S/C57H34N4O/c1-2-16-36(17-3-1)55-58-56(46-26-14-25-45-43-23-11-13-28-52(43)62-54(45)46)60-57(59-55)49-34-47(40-30-29-35-15-4-5-18-37(35)31-40)53(44-24-9-8-21-41(44)49)61-50-27-12-10-22-42(50)48-32-38-19-6-7-20-39(38)33-51(48)61/h1-34H. The van der Waals surface area contributed by atoms with Crippen LogP contribution >= 0.6 is 0 Å². The summed E-state index contributed by atoms with van der Waals surface area (Å²) in [6.07, 6.45) is 0. The molecule has 0 bridgehead atoms. The Bertz CT molecular complexity index is 3940. The zero-order valence-electron chi connectivity index (χ0n) is 33.3. The minimum Gasteiger partial charge on any atom is -0.455 e. The Balaban J connectivity index is 1.15. The third kappa shape index (κ3) is 5.32. The summed E-state index contributed by atoms with van der Waals surface area (Å²) in [7, 11) is 0. The van der Waals surface area contributed by atoms with Crippen LogP contribution in [0.4, 0.5) is 0 Å². The fourth-order valence-electron chi connectivity index (χ4n) is 9.52. The maximum atomic E-state index is 6.56. The van der Waals surface area contributed by atoms with E-state index in [-0.39, 0.29) is 0 Å². The van der Waals surface area contributed by atoms with Crippen LogP contribution in [0.2, 0.25) is 0 Å². The maximum absolute atomic E-state index is 6.56. The summed E-state index contributed by atoms with van der Waals surface area (Å²) in [5, 5.41) is 11.4. The van der Waals surface area contributed by atoms with Crippen LogP contribution in [0.5, 0.6) is 0 Å². The third-order valence-corrected chi connectivity index (χ3v) is 12.4. The maximum Gasteiger partial charge on any atom is 0.167 e. The molecule has 0 aliphatic heterocycles. The lowest BCUT2D eigenvalue weighted by Gasteiger charge is -2.20. The number of nitrogens with zero attached hydrogens (tertiary/aromatic N) is 4. The van der Waals surface area contributed by atoms with E-state index in [4.69, 9.17) is 19.4 Å². The number of furan rings is 1. The summed E-state index contributed by atoms with van der Waals surface area (Å²) in [5.74, 6) is 1.72. The Morgan fingerprint density at radius 2 is 0.935 bits per heavy atom. The number of aromatic nitrogens is 4. The van der Waals surface area contributed by atoms with Gasteiger partial charge in [0, 0.05) is 43.6 Å². The molecular formula is C57H34N4O. The molecule has 5 nitrogen and oxygen atoms in total. The Labute approximate surface area is 355 Å². The first-order valence-corrected chi connectivity index (χ1v) is 20.9. The van der Waals surface area contributed by atoms with E-state index in [1.165, 1.54) is 32.3 Å². The topological polar surface area (TPSA) is 56.7 Å². The number of benzene rings is 10. The van der Waals surface area contributed by atoms with Gasteiger partial charge in [-0.2, -0.15) is 0 Å². The van der Waals surface area contributed by atoms with Crippen LogP contribution in [0.1, 0.15) is 0 Å². The van der Waals surface area contributed by atoms with Gasteiger partial charge in [0.05, 0.1) is 22.3 Å². The molecule has 0 aliphatic carbocycles. The summed E-state index contributed by atoms with van der Waals surface area (Å²) in [6, 6.07) is 73.0. The lowest BCUT2D eigenvalue weighted by molar-refractivity contribution is 0.669. The summed E-state index contributed by atoms with van der Waals surface area (Å²) < 4.78 is 9.04. The second kappa shape index (κ2) is 13.6. The van der Waals surface area contributed by atoms with Gasteiger partial charge in [-0.1, -0.05) is 164 Å². The molecule has 0 amide bonds. The second-order valence-electron chi connectivity index (χ2n) is 15.9. The molecule has 0 aliphatic rings. The van der Waals surface area contributed by atoms with E-state index in [2.05, 4.69) is 168 Å². The molecule has 0 fully saturated rings. The van der Waals surface area contributed by atoms with E-state index in [0.717, 1.165) is 77.2 Å². The molecule has 0 spiro atoms. The number of hydrogen-bond acceptors (Lipinski definition) is 4. The van der Waals surface area contributed by atoms with Gasteiger partial charge in [-0.3, -0.25) is 0 Å². The van der Waals surface area contributed by atoms with Crippen LogP contribution < -0.4 is 0 Å². The molecule has 13 rings (SSSR count). The first kappa shape index (κ1) is 34.5. The molecule has 0 unspecified atom stereocenters. The highest BCUT2D eigenvalue weighted by molar-refractivity contribution is 6.17. The number of hydrogen-bond donors (Lipinski definition) is 0. The highest BCUT2D eigenvalue weighted by Crippen LogP contribution is 2.45. The Kier molecular flexibility index (Phi) is 7.54. The second-order valence-corrected chi connectivity index (χ2v) is 15.9. The highest BCUT2D eigenvalue weighted by atomic mass is 16.3. The third-order valence-electron chi connectivity index (χ3n) is 12.4. The molecular weight excluding hydrogens is 757 g/mol. The smallest absolute Gasteiger partial charge is 0.167 e. The number of rotatable bonds is 5. The van der Waals surface area contributed by atoms with Crippen molar-refractivity contribution in [2.75, 3.05) is 0 Å². The zero-order chi connectivity index (χ0) is 40.7. The van der Waals surface area contributed by atoms with Crippen molar-refractivity contribution < 1.29 is 4.42 Å². The summed E-state index contributed by atoms with van der Waals surface area (Å²) in [5.41, 5.74) is 9.78. The molecule has 3 aromatic heterocycles. The molecule has 3 heterocycles. The van der Waals surface area contributed by atoms with E-state index in [1.807, 2.05) is 42.5 Å². The minimum atomic E-state index is 0.549. The molecule has 62 heavy (non-hydrogen) atoms. The fourth-order valence-corrected chi connectivity index (χ4v) is 9.52. The lowest BCUT2D eigenvalue weighted by Crippen LogP contribution is -2.03. The Hall–Kier alpha value is -8.41. The van der Waals surface area contributed by atoms with Gasteiger partial charge in [0.2, 0.25) is 0 Å². The predicted molar refractivity (Wildman–Crippen MR) is 256 cm³/mol. The normalized spacial score (nSPS) is 11.9. The molecule has 13 aromatic rings. The molecule has 288 valence electrons. The van der Waals surface area contributed by atoms with Crippen molar-refractivity contribution in [3.63, 3.8) is 0 Å². The monoisotopic (exact) mass is 790 g/mol. The van der Waals surface area contributed by atoms with Gasteiger partial charge < -0.3 is 8.98 Å². The summed E-state index contributed by atoms with van der Waals surface area (Å²) in [6.45, 7) is 0. The van der Waals surface area contributed by atoms with E-state index in [0.29, 0.717) is 17.5 Å². The predicted octanol–water partition coefficient (Wildman–Crippen LogP) is 15.0. The summed E-state index contributed by atoms with van der Waals surface area (Å²) in [4.78, 5) is 15.9. The van der Waals surface area contributed by atoms with Crippen molar-refractivity contribution in [2.24, 2.45) is 0 Å². The van der Waals surface area contributed by atoms with E-state index in [9.17, 15) is 0 Å². The molecule has 5 heteroatoms. The quantitative estimate of drug-likeness (QED) is 0.174. The van der Waals surface area contributed by atoms with Gasteiger partial charge in [-0.05, 0) is 75.0 Å². The lowest BCUT2D eigenvalue weighted by atomic mass is 9.92. The van der Waals surface area contributed by atoms with Crippen LogP contribution in [0.25, 0.3) is 127 Å². The average Bonchev–Trinajstić information content (AvgIpc) is 3.88. The van der Waals surface area contributed by atoms with Crippen molar-refractivity contribution in [1.29, 1.82) is 0 Å². The van der Waals surface area contributed by atoms with Crippen LogP contribution in [0, 0.1) is 0 Å². The van der Waals surface area contributed by atoms with Crippen LogP contribution in [-0.4, -0.2) is 19.5 Å². The van der Waals surface area contributed by atoms with Gasteiger partial charge >= 0.3 is 0 Å². The van der Waals surface area contributed by atoms with E-state index in [1.54, 1.807) is 0 Å². The number of para-hydroxylation sites is 3. The van der Waals surface area contributed by atoms with Crippen molar-refractivity contribution in [3.05, 3.63) is 206 Å². The molecule has 0 saturated carbocycles. The van der Waals surface area contributed by atoms with Gasteiger partial charge in [0.15, 0.2) is 17.5 Å². The van der Waals surface area contributed by atoms with Crippen molar-refractivity contribution in [1.82, 2.24) is 19.5 Å². The molecule has 0 atom stereocenters. The number of fused-ring (bicyclic) bond motifs is 9. The minimum absolute atomic E-state index is 0.549. The van der Waals surface area contributed by atoms with Crippen LogP contribution in [0.15, 0.2) is 211 Å². The zero-order valence-corrected chi connectivity index (χ0v) is 33.3. The van der Waals surface area contributed by atoms with Gasteiger partial charge in [0.1, 0.15) is 11.2 Å². The highest BCUT2D eigenvalue weighted by Gasteiger charge is 2.24. The van der Waals surface area contributed by atoms with E-state index >= 15 is 0 Å². The largest absolute Gasteiger partial charge is 0.455 e. The van der Waals surface area contributed by atoms with Crippen molar-refractivity contribution in [3.8, 4) is 51.0 Å². The Morgan fingerprint density at radius 1 is 0.323 bits per heavy atom. The van der Waals surface area contributed by atoms with Crippen LogP contribution in [-0.2, 0) is 0 Å². The van der Waals surface area contributed by atoms with Crippen molar-refractivity contribution in [2.45, 2.75) is 0 Å². The fraction of sp³-hybridized carbons (Fsp3) is 0. The van der Waals surface area contributed by atoms with Gasteiger partial charge in [-0.25, -0.2) is 15.0 Å². The van der Waals surface area contributed by atoms with E-state index < -0.39 is 0 Å². The molecule has 10 aromatic carbocycles. The van der Waals surface area contributed by atoms with Gasteiger partial charge in [0.25, 0.3) is 0 Å². The average molecular weight is 791 g/mol. The van der Waals surface area contributed by atoms with Gasteiger partial charge in [-0.15, -0.1) is 0 Å². The molecule has 0 N–H and O–H groups in total.